The van der Waals surface area contributed by atoms with Crippen LogP contribution >= 0.6 is 0 Å². The molecular weight excluding hydrogens is 316 g/mol. The second-order valence-electron chi connectivity index (χ2n) is 6.81. The Morgan fingerprint density at radius 1 is 1.24 bits per heavy atom. The van der Waals surface area contributed by atoms with Gasteiger partial charge >= 0.3 is 5.97 Å². The minimum Gasteiger partial charge on any atom is -0.468 e. The molecule has 1 rings (SSSR count). The molecule has 0 amide bonds. The predicted molar refractivity (Wildman–Crippen MR) is 99.0 cm³/mol. The van der Waals surface area contributed by atoms with Crippen molar-refractivity contribution in [2.75, 3.05) is 7.11 Å². The van der Waals surface area contributed by atoms with Crippen LogP contribution in [0.2, 0.25) is 0 Å². The fourth-order valence-corrected chi connectivity index (χ4v) is 3.22. The van der Waals surface area contributed by atoms with Crippen LogP contribution in [0.1, 0.15) is 58.3 Å². The van der Waals surface area contributed by atoms with Crippen molar-refractivity contribution >= 4 is 17.5 Å². The van der Waals surface area contributed by atoms with Crippen LogP contribution in [0.5, 0.6) is 0 Å². The first-order chi connectivity index (χ1) is 11.9. The van der Waals surface area contributed by atoms with Crippen molar-refractivity contribution in [3.63, 3.8) is 0 Å². The van der Waals surface area contributed by atoms with Crippen molar-refractivity contribution in [1.29, 1.82) is 0 Å². The van der Waals surface area contributed by atoms with Crippen molar-refractivity contribution in [1.82, 2.24) is 0 Å². The molecule has 1 fully saturated rings. The summed E-state index contributed by atoms with van der Waals surface area (Å²) in [6.45, 7) is 9.57. The molecule has 1 aliphatic rings. The Hall–Kier alpha value is -1.97. The molecule has 0 unspecified atom stereocenters. The third-order valence-corrected chi connectivity index (χ3v) is 4.89. The zero-order chi connectivity index (χ0) is 18.8. The standard InChI is InChI=1S/C21H30O4/c1-5-18(22)13-11-16(3)10-9-15(2)7-6-8-17-12-14-19(23)20(17)21(24)25-4/h5,7,17,20H,1,3,6,8-14H2,2,4H3/b15-7+/t17-,20+/m1/s1. The van der Waals surface area contributed by atoms with E-state index in [4.69, 9.17) is 4.74 Å². The van der Waals surface area contributed by atoms with Gasteiger partial charge in [-0.05, 0) is 57.4 Å². The van der Waals surface area contributed by atoms with Gasteiger partial charge in [0.1, 0.15) is 11.7 Å². The third kappa shape index (κ3) is 7.20. The maximum Gasteiger partial charge on any atom is 0.316 e. The normalized spacial score (nSPS) is 20.4. The summed E-state index contributed by atoms with van der Waals surface area (Å²) in [7, 11) is 1.34. The van der Waals surface area contributed by atoms with Crippen LogP contribution in [0.3, 0.4) is 0 Å². The smallest absolute Gasteiger partial charge is 0.316 e. The van der Waals surface area contributed by atoms with Crippen LogP contribution in [-0.2, 0) is 19.1 Å². The lowest BCUT2D eigenvalue weighted by Gasteiger charge is -2.15. The number of carbonyl (C=O) groups excluding carboxylic acids is 3. The molecule has 0 aliphatic heterocycles. The third-order valence-electron chi connectivity index (χ3n) is 4.89. The first kappa shape index (κ1) is 21.1. The summed E-state index contributed by atoms with van der Waals surface area (Å²) in [5.41, 5.74) is 2.35. The zero-order valence-electron chi connectivity index (χ0n) is 15.5. The number of hydrogen-bond acceptors (Lipinski definition) is 4. The summed E-state index contributed by atoms with van der Waals surface area (Å²) in [6, 6.07) is 0. The summed E-state index contributed by atoms with van der Waals surface area (Å²) in [5.74, 6) is -0.786. The van der Waals surface area contributed by atoms with E-state index >= 15 is 0 Å². The fourth-order valence-electron chi connectivity index (χ4n) is 3.22. The van der Waals surface area contributed by atoms with Crippen LogP contribution in [-0.4, -0.2) is 24.6 Å². The molecule has 4 heteroatoms. The molecule has 0 heterocycles. The minimum absolute atomic E-state index is 0.0166. The molecule has 0 N–H and O–H groups in total. The minimum atomic E-state index is -0.569. The number of ketones is 2. The van der Waals surface area contributed by atoms with E-state index in [-0.39, 0.29) is 17.5 Å². The van der Waals surface area contributed by atoms with Gasteiger partial charge < -0.3 is 4.74 Å². The number of allylic oxidation sites excluding steroid dienone is 4. The van der Waals surface area contributed by atoms with Gasteiger partial charge in [0.05, 0.1) is 7.11 Å². The van der Waals surface area contributed by atoms with E-state index in [9.17, 15) is 14.4 Å². The van der Waals surface area contributed by atoms with E-state index in [0.29, 0.717) is 19.3 Å². The summed E-state index contributed by atoms with van der Waals surface area (Å²) < 4.78 is 4.76. The van der Waals surface area contributed by atoms with Crippen LogP contribution in [0.4, 0.5) is 0 Å². The molecule has 1 saturated carbocycles. The number of ether oxygens (including phenoxy) is 1. The van der Waals surface area contributed by atoms with Gasteiger partial charge in [0.25, 0.3) is 0 Å². The maximum absolute atomic E-state index is 11.8. The lowest BCUT2D eigenvalue weighted by Crippen LogP contribution is -2.26. The van der Waals surface area contributed by atoms with Crippen molar-refractivity contribution < 1.29 is 19.1 Å². The fraction of sp³-hybridized carbons (Fsp3) is 0.571. The Morgan fingerprint density at radius 3 is 2.56 bits per heavy atom. The molecule has 0 spiro atoms. The van der Waals surface area contributed by atoms with Crippen molar-refractivity contribution in [2.45, 2.75) is 58.3 Å². The molecule has 2 atom stereocenters. The number of hydrogen-bond donors (Lipinski definition) is 0. The van der Waals surface area contributed by atoms with E-state index in [0.717, 1.165) is 37.7 Å². The second kappa shape index (κ2) is 10.8. The highest BCUT2D eigenvalue weighted by molar-refractivity contribution is 6.00. The van der Waals surface area contributed by atoms with Crippen molar-refractivity contribution in [3.05, 3.63) is 36.5 Å². The molecule has 0 aromatic rings. The molecule has 25 heavy (non-hydrogen) atoms. The average molecular weight is 346 g/mol. The van der Waals surface area contributed by atoms with Crippen molar-refractivity contribution in [3.8, 4) is 0 Å². The number of Topliss-reactive ketones (excluding diaryl/α,β-unsaturated/α-hetero) is 1. The number of methoxy groups -OCH3 is 1. The van der Waals surface area contributed by atoms with Gasteiger partial charge in [-0.25, -0.2) is 0 Å². The molecule has 138 valence electrons. The van der Waals surface area contributed by atoms with Crippen LogP contribution in [0.15, 0.2) is 36.5 Å². The molecule has 0 aromatic heterocycles. The average Bonchev–Trinajstić information content (AvgIpc) is 2.97. The Bertz CT molecular complexity index is 556. The molecule has 1 aliphatic carbocycles. The van der Waals surface area contributed by atoms with Gasteiger partial charge in [-0.1, -0.05) is 30.4 Å². The SMILES string of the molecule is C=CC(=O)CCC(=C)CC/C(C)=C/CC[C@@H]1CCC(=O)[C@H]1C(=O)OC. The Labute approximate surface area is 151 Å². The number of rotatable bonds is 11. The highest BCUT2D eigenvalue weighted by Crippen LogP contribution is 2.33. The molecular formula is C21H30O4. The zero-order valence-corrected chi connectivity index (χ0v) is 15.5. The molecule has 0 saturated heterocycles. The molecule has 0 radical (unpaired) electrons. The van der Waals surface area contributed by atoms with E-state index < -0.39 is 11.9 Å². The van der Waals surface area contributed by atoms with Crippen LogP contribution in [0, 0.1) is 11.8 Å². The van der Waals surface area contributed by atoms with Crippen LogP contribution in [0.25, 0.3) is 0 Å². The largest absolute Gasteiger partial charge is 0.468 e. The van der Waals surface area contributed by atoms with E-state index in [1.165, 1.54) is 18.8 Å². The second-order valence-corrected chi connectivity index (χ2v) is 6.81. The lowest BCUT2D eigenvalue weighted by molar-refractivity contribution is -0.149. The van der Waals surface area contributed by atoms with Gasteiger partial charge in [-0.3, -0.25) is 14.4 Å². The van der Waals surface area contributed by atoms with E-state index in [1.807, 2.05) is 0 Å². The molecule has 4 nitrogen and oxygen atoms in total. The van der Waals surface area contributed by atoms with Gasteiger partial charge in [0.2, 0.25) is 0 Å². The van der Waals surface area contributed by atoms with Crippen molar-refractivity contribution in [2.24, 2.45) is 11.8 Å². The summed E-state index contributed by atoms with van der Waals surface area (Å²) in [4.78, 5) is 34.8. The van der Waals surface area contributed by atoms with E-state index in [1.54, 1.807) is 0 Å². The van der Waals surface area contributed by atoms with Gasteiger partial charge in [-0.2, -0.15) is 0 Å². The maximum atomic E-state index is 11.8. The summed E-state index contributed by atoms with van der Waals surface area (Å²) in [5, 5.41) is 0. The highest BCUT2D eigenvalue weighted by atomic mass is 16.5. The Kier molecular flexibility index (Phi) is 9.11. The lowest BCUT2D eigenvalue weighted by atomic mass is 9.90. The quantitative estimate of drug-likeness (QED) is 0.241. The van der Waals surface area contributed by atoms with Gasteiger partial charge in [0.15, 0.2) is 5.78 Å². The van der Waals surface area contributed by atoms with Gasteiger partial charge in [-0.15, -0.1) is 0 Å². The van der Waals surface area contributed by atoms with Crippen LogP contribution < -0.4 is 0 Å². The topological polar surface area (TPSA) is 60.4 Å². The highest BCUT2D eigenvalue weighted by Gasteiger charge is 2.40. The number of carbonyl (C=O) groups is 3. The first-order valence-corrected chi connectivity index (χ1v) is 8.97. The summed E-state index contributed by atoms with van der Waals surface area (Å²) in [6.07, 6.45) is 9.48. The number of esters is 1. The Balaban J connectivity index is 2.34. The molecule has 0 bridgehead atoms. The monoisotopic (exact) mass is 346 g/mol. The molecule has 0 aromatic carbocycles. The van der Waals surface area contributed by atoms with Gasteiger partial charge in [0, 0.05) is 12.8 Å². The first-order valence-electron chi connectivity index (χ1n) is 8.97. The Morgan fingerprint density at radius 2 is 1.92 bits per heavy atom. The summed E-state index contributed by atoms with van der Waals surface area (Å²) >= 11 is 0. The van der Waals surface area contributed by atoms with E-state index in [2.05, 4.69) is 26.2 Å². The predicted octanol–water partition coefficient (Wildman–Crippen LogP) is 4.35.